The third kappa shape index (κ3) is 62.7. The van der Waals surface area contributed by atoms with Gasteiger partial charge in [-0.05, 0) is 58.3 Å². The highest BCUT2D eigenvalue weighted by atomic mass is 19.4. The van der Waals surface area contributed by atoms with Crippen LogP contribution in [0.15, 0.2) is 12.8 Å². The van der Waals surface area contributed by atoms with Crippen molar-refractivity contribution in [2.75, 3.05) is 73.2 Å². The molecule has 0 heterocycles. The maximum Gasteiger partial charge on any atom is 0.411 e. The number of unbranched alkanes of at least 4 members (excludes halogenated alkanes) is 12. The van der Waals surface area contributed by atoms with Crippen LogP contribution in [0.4, 0.5) is 30.7 Å². The van der Waals surface area contributed by atoms with E-state index in [-0.39, 0.29) is 26.4 Å². The van der Waals surface area contributed by atoms with E-state index in [1.54, 1.807) is 7.11 Å². The fraction of sp³-hybridized carbons (Fsp3) is 0.949. The molecule has 0 aromatic carbocycles. The number of methoxy groups -OCH3 is 1. The second-order valence-electron chi connectivity index (χ2n) is 12.8. The normalized spacial score (nSPS) is 13.3. The van der Waals surface area contributed by atoms with Gasteiger partial charge < -0.3 is 39.4 Å². The van der Waals surface area contributed by atoms with Crippen LogP contribution in [0.25, 0.3) is 0 Å². The Morgan fingerprint density at radius 1 is 0.500 bits per heavy atom. The van der Waals surface area contributed by atoms with Gasteiger partial charge in [-0.2, -0.15) is 13.2 Å². The van der Waals surface area contributed by atoms with Crippen molar-refractivity contribution in [3.8, 4) is 0 Å². The molecule has 0 saturated heterocycles. The van der Waals surface area contributed by atoms with Crippen LogP contribution in [-0.2, 0) is 18.9 Å². The van der Waals surface area contributed by atoms with Crippen LogP contribution in [0.3, 0.4) is 0 Å². The van der Waals surface area contributed by atoms with Gasteiger partial charge in [0.05, 0.1) is 39.3 Å². The first-order valence-electron chi connectivity index (χ1n) is 19.8. The van der Waals surface area contributed by atoms with Gasteiger partial charge in [0.2, 0.25) is 0 Å². The van der Waals surface area contributed by atoms with Gasteiger partial charge in [0.15, 0.2) is 0 Å². The van der Waals surface area contributed by atoms with Gasteiger partial charge in [-0.25, -0.2) is 17.6 Å². The number of ether oxygens (including phenoxy) is 4. The summed E-state index contributed by atoms with van der Waals surface area (Å²) < 4.78 is 104. The SMILES string of the molecule is C=COCCCCCCC(F)CO.CCOCCCCCCC(F)CO.COCCCCCCC(F)CO.OCC(F)CCCCCCOCC(F)(F)F. The summed E-state index contributed by atoms with van der Waals surface area (Å²) in [6, 6.07) is 0. The lowest BCUT2D eigenvalue weighted by atomic mass is 10.1. The van der Waals surface area contributed by atoms with E-state index in [1.807, 2.05) is 6.92 Å². The van der Waals surface area contributed by atoms with Gasteiger partial charge in [-0.1, -0.05) is 83.6 Å². The van der Waals surface area contributed by atoms with Crippen molar-refractivity contribution in [1.29, 1.82) is 0 Å². The van der Waals surface area contributed by atoms with Gasteiger partial charge >= 0.3 is 6.18 Å². The van der Waals surface area contributed by atoms with E-state index in [2.05, 4.69) is 11.3 Å². The predicted molar refractivity (Wildman–Crippen MR) is 202 cm³/mol. The van der Waals surface area contributed by atoms with Crippen molar-refractivity contribution >= 4 is 0 Å². The topological polar surface area (TPSA) is 118 Å². The van der Waals surface area contributed by atoms with Crippen LogP contribution in [0.2, 0.25) is 0 Å². The van der Waals surface area contributed by atoms with Crippen LogP contribution >= 0.6 is 0 Å². The molecule has 0 aliphatic rings. The quantitative estimate of drug-likeness (QED) is 0.0285. The fourth-order valence-corrected chi connectivity index (χ4v) is 4.50. The molecule has 4 atom stereocenters. The molecule has 4 N–H and O–H groups in total. The van der Waals surface area contributed by atoms with Gasteiger partial charge in [0.1, 0.15) is 31.3 Å². The van der Waals surface area contributed by atoms with E-state index < -0.39 is 44.1 Å². The lowest BCUT2D eigenvalue weighted by Gasteiger charge is -2.07. The van der Waals surface area contributed by atoms with Crippen molar-refractivity contribution in [2.45, 2.75) is 166 Å². The minimum absolute atomic E-state index is 0.0819. The molecular formula is C39H77F7O8. The summed E-state index contributed by atoms with van der Waals surface area (Å²) in [5.74, 6) is 0. The molecule has 0 fully saturated rings. The smallest absolute Gasteiger partial charge is 0.411 e. The highest BCUT2D eigenvalue weighted by Crippen LogP contribution is 2.15. The second-order valence-corrected chi connectivity index (χ2v) is 12.8. The average molecular weight is 807 g/mol. The van der Waals surface area contributed by atoms with Crippen molar-refractivity contribution in [3.05, 3.63) is 12.8 Å². The predicted octanol–water partition coefficient (Wildman–Crippen LogP) is 9.49. The van der Waals surface area contributed by atoms with Gasteiger partial charge in [0, 0.05) is 33.5 Å². The zero-order valence-corrected chi connectivity index (χ0v) is 33.4. The summed E-state index contributed by atoms with van der Waals surface area (Å²) >= 11 is 0. The standard InChI is InChI=1S/C10H18F4O2.C10H21FO2.C10H19FO2.C9H19FO2/c11-9(7-15)5-3-1-2-4-6-16-8-10(12,13)14;2*1-2-13-8-6-4-3-5-7-10(11)9-12;1-12-7-5-3-2-4-6-9(10)8-11/h9,15H,1-8H2;10,12H,2-9H2,1H3;2,10,12H,1,3-9H2;9,11H,2-8H2,1H3. The molecule has 0 aromatic heterocycles. The summed E-state index contributed by atoms with van der Waals surface area (Å²) in [5.41, 5.74) is 0. The molecule has 0 saturated carbocycles. The average Bonchev–Trinajstić information content (AvgIpc) is 3.16. The summed E-state index contributed by atoms with van der Waals surface area (Å²) in [6.45, 7) is 5.88. The lowest BCUT2D eigenvalue weighted by molar-refractivity contribution is -0.174. The minimum atomic E-state index is -4.26. The van der Waals surface area contributed by atoms with Gasteiger partial charge in [0.25, 0.3) is 0 Å². The largest absolute Gasteiger partial charge is 0.502 e. The lowest BCUT2D eigenvalue weighted by Crippen LogP contribution is -2.17. The highest BCUT2D eigenvalue weighted by Gasteiger charge is 2.27. The Labute approximate surface area is 322 Å². The molecule has 54 heavy (non-hydrogen) atoms. The van der Waals surface area contributed by atoms with E-state index >= 15 is 0 Å². The molecule has 8 nitrogen and oxygen atoms in total. The van der Waals surface area contributed by atoms with Crippen molar-refractivity contribution < 1.29 is 70.1 Å². The van der Waals surface area contributed by atoms with E-state index in [4.69, 9.17) is 34.6 Å². The summed E-state index contributed by atoms with van der Waals surface area (Å²) in [6.07, 6.45) is 9.30. The first-order chi connectivity index (χ1) is 25.9. The van der Waals surface area contributed by atoms with E-state index in [0.717, 1.165) is 110 Å². The number of aliphatic hydroxyl groups excluding tert-OH is 4. The Morgan fingerprint density at radius 2 is 0.815 bits per heavy atom. The molecule has 4 unspecified atom stereocenters. The van der Waals surface area contributed by atoms with Crippen LogP contribution in [0.5, 0.6) is 0 Å². The second kappa shape index (κ2) is 49.8. The molecule has 15 heteroatoms. The fourth-order valence-electron chi connectivity index (χ4n) is 4.50. The zero-order chi connectivity index (χ0) is 41.6. The summed E-state index contributed by atoms with van der Waals surface area (Å²) in [4.78, 5) is 0. The third-order valence-corrected chi connectivity index (χ3v) is 7.64. The van der Waals surface area contributed by atoms with E-state index in [0.29, 0.717) is 45.1 Å². The number of hydrogen-bond acceptors (Lipinski definition) is 8. The molecule has 330 valence electrons. The molecule has 0 bridgehead atoms. The number of aliphatic hydroxyl groups is 4. The van der Waals surface area contributed by atoms with Crippen LogP contribution < -0.4 is 0 Å². The van der Waals surface area contributed by atoms with E-state index in [9.17, 15) is 30.7 Å². The number of rotatable bonds is 35. The zero-order valence-electron chi connectivity index (χ0n) is 33.4. The molecule has 0 rings (SSSR count). The summed E-state index contributed by atoms with van der Waals surface area (Å²) in [5, 5.41) is 33.6. The molecule has 0 radical (unpaired) electrons. The molecule has 0 aromatic rings. The number of alkyl halides is 7. The number of halogens is 7. The Hall–Kier alpha value is -1.23. The first kappa shape index (κ1) is 59.5. The highest BCUT2D eigenvalue weighted by molar-refractivity contribution is 4.57. The molecule has 0 spiro atoms. The molecule has 0 aliphatic heterocycles. The van der Waals surface area contributed by atoms with Crippen LogP contribution in [0.1, 0.15) is 135 Å². The van der Waals surface area contributed by atoms with Gasteiger partial charge in [-0.3, -0.25) is 0 Å². The Morgan fingerprint density at radius 3 is 1.11 bits per heavy atom. The molecule has 0 amide bonds. The third-order valence-electron chi connectivity index (χ3n) is 7.64. The number of hydrogen-bond donors (Lipinski definition) is 4. The van der Waals surface area contributed by atoms with Crippen LogP contribution in [-0.4, -0.2) is 124 Å². The Bertz CT molecular complexity index is 685. The van der Waals surface area contributed by atoms with Crippen molar-refractivity contribution in [1.82, 2.24) is 0 Å². The molecular weight excluding hydrogens is 729 g/mol. The van der Waals surface area contributed by atoms with E-state index in [1.165, 1.54) is 6.26 Å². The van der Waals surface area contributed by atoms with Gasteiger partial charge in [-0.15, -0.1) is 0 Å². The van der Waals surface area contributed by atoms with Crippen LogP contribution in [0, 0.1) is 0 Å². The Kier molecular flexibility index (Phi) is 54.8. The monoisotopic (exact) mass is 807 g/mol. The molecule has 0 aliphatic carbocycles. The maximum atomic E-state index is 12.5. The summed E-state index contributed by atoms with van der Waals surface area (Å²) in [7, 11) is 1.68. The minimum Gasteiger partial charge on any atom is -0.502 e. The maximum absolute atomic E-state index is 12.5. The van der Waals surface area contributed by atoms with Crippen molar-refractivity contribution in [3.63, 3.8) is 0 Å². The first-order valence-corrected chi connectivity index (χ1v) is 19.8. The Balaban J connectivity index is -0.000000311. The van der Waals surface area contributed by atoms with Crippen molar-refractivity contribution in [2.24, 2.45) is 0 Å².